The summed E-state index contributed by atoms with van der Waals surface area (Å²) < 4.78 is 67.0. The largest absolute Gasteiger partial charge is 0.455 e. The smallest absolute Gasteiger partial charge is 0.433 e. The van der Waals surface area contributed by atoms with E-state index in [1.165, 1.54) is 19.2 Å². The van der Waals surface area contributed by atoms with Crippen LogP contribution in [0.3, 0.4) is 0 Å². The molecule has 2 aromatic heterocycles. The Morgan fingerprint density at radius 2 is 1.74 bits per heavy atom. The third-order valence-corrected chi connectivity index (χ3v) is 15.7. The number of aromatic nitrogens is 2. The molecule has 2 aromatic rings. The third kappa shape index (κ3) is 5.52. The Bertz CT molecular complexity index is 1490. The maximum absolute atomic E-state index is 13.5. The number of fused-ring (bicyclic) bond motifs is 4. The molecule has 0 amide bonds. The summed E-state index contributed by atoms with van der Waals surface area (Å²) in [6, 6.07) is 2.50. The second-order valence-corrected chi connectivity index (χ2v) is 20.4. The van der Waals surface area contributed by atoms with Gasteiger partial charge >= 0.3 is 12.1 Å². The minimum absolute atomic E-state index is 0.0421. The maximum atomic E-state index is 13.5. The van der Waals surface area contributed by atoms with Crippen LogP contribution in [0.4, 0.5) is 13.2 Å². The van der Waals surface area contributed by atoms with E-state index < -0.39 is 38.0 Å². The zero-order valence-electron chi connectivity index (χ0n) is 28.3. The molecule has 46 heavy (non-hydrogen) atoms. The van der Waals surface area contributed by atoms with Gasteiger partial charge in [-0.1, -0.05) is 47.1 Å². The molecule has 2 aliphatic carbocycles. The second-order valence-electron chi connectivity index (χ2n) is 15.6. The van der Waals surface area contributed by atoms with E-state index in [4.69, 9.17) is 23.6 Å². The van der Waals surface area contributed by atoms with Crippen molar-refractivity contribution in [3.8, 4) is 0 Å². The Kier molecular flexibility index (Phi) is 8.30. The number of halogens is 3. The summed E-state index contributed by atoms with van der Waals surface area (Å²) in [5, 5.41) is -0.0531. The second kappa shape index (κ2) is 11.4. The molecule has 2 fully saturated rings. The zero-order valence-corrected chi connectivity index (χ0v) is 29.3. The van der Waals surface area contributed by atoms with Crippen LogP contribution in [0.1, 0.15) is 144 Å². The molecule has 0 aromatic carbocycles. The number of carbonyl (C=O) groups is 1. The number of hydrogen-bond acceptors (Lipinski definition) is 7. The normalized spacial score (nSPS) is 25.3. The summed E-state index contributed by atoms with van der Waals surface area (Å²) in [5.41, 5.74) is 2.97. The van der Waals surface area contributed by atoms with Gasteiger partial charge in [0.1, 0.15) is 17.9 Å². The molecule has 0 radical (unpaired) electrons. The molecular weight excluding hydrogens is 613 g/mol. The average molecular weight is 661 g/mol. The molecule has 0 N–H and O–H groups in total. The Balaban J connectivity index is 1.64. The Hall–Kier alpha value is -2.34. The van der Waals surface area contributed by atoms with Crippen molar-refractivity contribution >= 4 is 14.3 Å². The number of alkyl halides is 3. The third-order valence-electron chi connectivity index (χ3n) is 11.2. The lowest BCUT2D eigenvalue weighted by Gasteiger charge is -2.54. The van der Waals surface area contributed by atoms with E-state index in [-0.39, 0.29) is 28.4 Å². The highest BCUT2D eigenvalue weighted by molar-refractivity contribution is 6.74. The van der Waals surface area contributed by atoms with Crippen molar-refractivity contribution in [2.45, 2.75) is 134 Å². The van der Waals surface area contributed by atoms with Crippen LogP contribution in [0.15, 0.2) is 18.3 Å². The standard InChI is InChI=1S/C35H47F3N2O5Si/c1-20(2)28-26-27(34(14-16-42-17-15-34)44-30(26)22-10-11-24(39-19-22)35(36,37)38)25-23(45-46(7,8)32(4,5)6)18-33(12-9-13-33)31(29(25)40-28)43-21(3)41/h10-11,19-20,23,30-31H,9,12-18H2,1-8H3/t23-,30+,31+/m0/s1. The van der Waals surface area contributed by atoms with Gasteiger partial charge in [-0.25, -0.2) is 0 Å². The number of carbonyl (C=O) groups excluding carboxylic acids is 1. The lowest BCUT2D eigenvalue weighted by molar-refractivity contribution is -0.167. The van der Waals surface area contributed by atoms with Crippen molar-refractivity contribution in [2.24, 2.45) is 5.41 Å². The lowest BCUT2D eigenvalue weighted by atomic mass is 9.57. The summed E-state index contributed by atoms with van der Waals surface area (Å²) in [4.78, 5) is 21.9. The number of nitrogens with zero attached hydrogens (tertiary/aromatic N) is 2. The SMILES string of the molecule is CC(=O)O[C@@H]1c2nc(C(C)C)c3c(c2[C@@H](O[Si](C)(C)C(C)(C)C)CC12CCC2)C1(CCOCC1)O[C@@H]3c1ccc(C(F)(F)F)nc1. The minimum Gasteiger partial charge on any atom is -0.455 e. The van der Waals surface area contributed by atoms with E-state index in [9.17, 15) is 18.0 Å². The summed E-state index contributed by atoms with van der Waals surface area (Å²) in [5.74, 6) is -0.385. The van der Waals surface area contributed by atoms with Crippen LogP contribution in [0.5, 0.6) is 0 Å². The first-order valence-electron chi connectivity index (χ1n) is 16.6. The summed E-state index contributed by atoms with van der Waals surface area (Å²) in [6.07, 6.45) is 0.0253. The average Bonchev–Trinajstić information content (AvgIpc) is 3.25. The number of esters is 1. The van der Waals surface area contributed by atoms with Gasteiger partial charge in [-0.3, -0.25) is 14.8 Å². The van der Waals surface area contributed by atoms with E-state index >= 15 is 0 Å². The first-order chi connectivity index (χ1) is 21.4. The van der Waals surface area contributed by atoms with E-state index in [0.717, 1.165) is 53.4 Å². The molecule has 1 saturated carbocycles. The molecule has 2 spiro atoms. The predicted molar refractivity (Wildman–Crippen MR) is 169 cm³/mol. The monoisotopic (exact) mass is 660 g/mol. The van der Waals surface area contributed by atoms with Crippen LogP contribution in [-0.2, 0) is 35.2 Å². The van der Waals surface area contributed by atoms with Gasteiger partial charge in [-0.05, 0) is 54.9 Å². The molecular formula is C35H47F3N2O5Si. The van der Waals surface area contributed by atoms with Gasteiger partial charge in [-0.15, -0.1) is 0 Å². The van der Waals surface area contributed by atoms with Crippen molar-refractivity contribution in [3.63, 3.8) is 0 Å². The lowest BCUT2D eigenvalue weighted by Crippen LogP contribution is -2.49. The van der Waals surface area contributed by atoms with E-state index in [1.807, 2.05) is 0 Å². The van der Waals surface area contributed by atoms with Crippen molar-refractivity contribution in [2.75, 3.05) is 13.2 Å². The summed E-state index contributed by atoms with van der Waals surface area (Å²) in [6.45, 7) is 17.8. The highest BCUT2D eigenvalue weighted by Gasteiger charge is 2.59. The highest BCUT2D eigenvalue weighted by Crippen LogP contribution is 2.65. The van der Waals surface area contributed by atoms with Gasteiger partial charge in [0.2, 0.25) is 0 Å². The van der Waals surface area contributed by atoms with Crippen molar-refractivity contribution < 1.29 is 36.6 Å². The summed E-state index contributed by atoms with van der Waals surface area (Å²) >= 11 is 0. The molecule has 11 heteroatoms. The van der Waals surface area contributed by atoms with Crippen LogP contribution in [0.25, 0.3) is 0 Å². The van der Waals surface area contributed by atoms with Crippen molar-refractivity contribution in [1.82, 2.24) is 9.97 Å². The van der Waals surface area contributed by atoms with E-state index in [1.54, 1.807) is 0 Å². The molecule has 6 rings (SSSR count). The van der Waals surface area contributed by atoms with Crippen molar-refractivity contribution in [1.29, 1.82) is 0 Å². The molecule has 4 heterocycles. The molecule has 2 aliphatic heterocycles. The van der Waals surface area contributed by atoms with Crippen LogP contribution >= 0.6 is 0 Å². The first-order valence-corrected chi connectivity index (χ1v) is 19.5. The number of ether oxygens (including phenoxy) is 3. The number of pyridine rings is 2. The molecule has 7 nitrogen and oxygen atoms in total. The van der Waals surface area contributed by atoms with Gasteiger partial charge < -0.3 is 18.6 Å². The van der Waals surface area contributed by atoms with Crippen LogP contribution in [0, 0.1) is 5.41 Å². The van der Waals surface area contributed by atoms with Gasteiger partial charge in [0.05, 0.1) is 17.4 Å². The highest BCUT2D eigenvalue weighted by atomic mass is 28.4. The zero-order chi connectivity index (χ0) is 33.4. The van der Waals surface area contributed by atoms with Gasteiger partial charge in [-0.2, -0.15) is 13.2 Å². The minimum atomic E-state index is -4.55. The molecule has 0 bridgehead atoms. The maximum Gasteiger partial charge on any atom is 0.433 e. The fourth-order valence-corrected chi connectivity index (χ4v) is 8.96. The topological polar surface area (TPSA) is 79.8 Å². The van der Waals surface area contributed by atoms with Crippen LogP contribution < -0.4 is 0 Å². The van der Waals surface area contributed by atoms with Gasteiger partial charge in [0, 0.05) is 67.0 Å². The molecule has 0 unspecified atom stereocenters. The van der Waals surface area contributed by atoms with Crippen LogP contribution in [-0.4, -0.2) is 37.5 Å². The molecule has 252 valence electrons. The quantitative estimate of drug-likeness (QED) is 0.234. The fourth-order valence-electron chi connectivity index (χ4n) is 7.69. The molecule has 3 atom stereocenters. The van der Waals surface area contributed by atoms with Crippen LogP contribution in [0.2, 0.25) is 18.1 Å². The Labute approximate surface area is 271 Å². The Morgan fingerprint density at radius 3 is 2.24 bits per heavy atom. The molecule has 1 saturated heterocycles. The fraction of sp³-hybridized carbons (Fsp3) is 0.686. The van der Waals surface area contributed by atoms with Gasteiger partial charge in [0.15, 0.2) is 8.32 Å². The van der Waals surface area contributed by atoms with E-state index in [0.29, 0.717) is 38.0 Å². The summed E-state index contributed by atoms with van der Waals surface area (Å²) in [7, 11) is -2.32. The first kappa shape index (κ1) is 33.6. The predicted octanol–water partition coefficient (Wildman–Crippen LogP) is 8.99. The number of hydrogen-bond donors (Lipinski definition) is 0. The van der Waals surface area contributed by atoms with Gasteiger partial charge in [0.25, 0.3) is 0 Å². The van der Waals surface area contributed by atoms with Crippen molar-refractivity contribution in [3.05, 3.63) is 57.7 Å². The Morgan fingerprint density at radius 1 is 1.07 bits per heavy atom. The van der Waals surface area contributed by atoms with E-state index in [2.05, 4.69) is 52.7 Å². The molecule has 4 aliphatic rings. The number of rotatable bonds is 5.